The number of nitrogens with zero attached hydrogens (tertiary/aromatic N) is 3. The van der Waals surface area contributed by atoms with Crippen molar-refractivity contribution in [1.82, 2.24) is 13.9 Å². The summed E-state index contributed by atoms with van der Waals surface area (Å²) in [7, 11) is 0. The Labute approximate surface area is 126 Å². The predicted octanol–water partition coefficient (Wildman–Crippen LogP) is 1.27. The van der Waals surface area contributed by atoms with Crippen molar-refractivity contribution in [3.63, 3.8) is 0 Å². The van der Waals surface area contributed by atoms with E-state index in [9.17, 15) is 9.59 Å². The summed E-state index contributed by atoms with van der Waals surface area (Å²) in [5, 5.41) is 0. The van der Waals surface area contributed by atoms with Gasteiger partial charge < -0.3 is 0 Å². The fourth-order valence-corrected chi connectivity index (χ4v) is 5.87. The largest absolute Gasteiger partial charge is 0.347 e. The van der Waals surface area contributed by atoms with Gasteiger partial charge in [-0.25, -0.2) is 23.5 Å². The highest BCUT2D eigenvalue weighted by Crippen LogP contribution is 2.59. The molecular weight excluding hydrogens is 378 g/mol. The van der Waals surface area contributed by atoms with Crippen molar-refractivity contribution in [3.8, 4) is 0 Å². The molecule has 4 aliphatic rings. The second-order valence-corrected chi connectivity index (χ2v) is 7.52. The molecule has 5 rings (SSSR count). The van der Waals surface area contributed by atoms with E-state index in [-0.39, 0.29) is 23.5 Å². The topological polar surface area (TPSA) is 48.9 Å². The smallest absolute Gasteiger partial charge is 0.246 e. The van der Waals surface area contributed by atoms with Gasteiger partial charge in [-0.3, -0.25) is 0 Å². The standard InChI is InChI=1S/C12H13Br2N3O2/c1-2-15-11(18)16-5-3-4-6(17(16)12(15)19)8-7(5)9(13)10(8)14/h3-10H,2H2,1H3/t5-,6-,7-,8-,9-,10-/m0/s1. The molecule has 0 saturated heterocycles. The van der Waals surface area contributed by atoms with E-state index < -0.39 is 0 Å². The lowest BCUT2D eigenvalue weighted by molar-refractivity contribution is 0.0346. The summed E-state index contributed by atoms with van der Waals surface area (Å²) in [5.41, 5.74) is -0.356. The van der Waals surface area contributed by atoms with E-state index in [4.69, 9.17) is 0 Å². The van der Waals surface area contributed by atoms with Crippen LogP contribution in [0.4, 0.5) is 0 Å². The highest BCUT2D eigenvalue weighted by Gasteiger charge is 2.60. The molecule has 0 spiro atoms. The number of hydrogen-bond donors (Lipinski definition) is 0. The van der Waals surface area contributed by atoms with Gasteiger partial charge in [-0.2, -0.15) is 0 Å². The second kappa shape index (κ2) is 3.75. The van der Waals surface area contributed by atoms with Crippen LogP contribution in [0.15, 0.2) is 21.7 Å². The summed E-state index contributed by atoms with van der Waals surface area (Å²) >= 11 is 7.40. The van der Waals surface area contributed by atoms with Crippen molar-refractivity contribution in [2.75, 3.05) is 0 Å². The summed E-state index contributed by atoms with van der Waals surface area (Å²) in [5.74, 6) is 0.786. The van der Waals surface area contributed by atoms with Crippen molar-refractivity contribution in [3.05, 3.63) is 33.1 Å². The van der Waals surface area contributed by atoms with Crippen LogP contribution < -0.4 is 11.4 Å². The lowest BCUT2D eigenvalue weighted by Crippen LogP contribution is -2.63. The third kappa shape index (κ3) is 1.22. The molecule has 1 aromatic heterocycles. The fraction of sp³-hybridized carbons (Fsp3) is 0.667. The number of halogens is 2. The molecule has 2 aliphatic heterocycles. The zero-order valence-electron chi connectivity index (χ0n) is 10.2. The maximum atomic E-state index is 12.4. The Morgan fingerprint density at radius 3 is 1.79 bits per heavy atom. The van der Waals surface area contributed by atoms with Crippen LogP contribution in [0.2, 0.25) is 0 Å². The Balaban J connectivity index is 1.99. The number of hydrogen-bond acceptors (Lipinski definition) is 2. The SMILES string of the molecule is CCn1c(=O)n2n(c1=O)[C@H]1C=C[C@H]2[C@@H]2[C@H](Br)[C@@H](Br)[C@H]21. The van der Waals surface area contributed by atoms with Gasteiger partial charge in [0.15, 0.2) is 0 Å². The normalized spacial score (nSPS) is 41.8. The van der Waals surface area contributed by atoms with Crippen LogP contribution in [-0.4, -0.2) is 23.6 Å². The molecule has 0 radical (unpaired) electrons. The summed E-state index contributed by atoms with van der Waals surface area (Å²) in [6.07, 6.45) is 4.17. The first-order valence-electron chi connectivity index (χ1n) is 6.48. The molecule has 1 saturated carbocycles. The first kappa shape index (κ1) is 12.2. The Hall–Kier alpha value is -0.560. The summed E-state index contributed by atoms with van der Waals surface area (Å²) in [6, 6.07) is 0.00218. The minimum absolute atomic E-state index is 0.00109. The molecule has 6 atom stereocenters. The molecule has 3 heterocycles. The van der Waals surface area contributed by atoms with Crippen molar-refractivity contribution >= 4 is 31.9 Å². The Morgan fingerprint density at radius 2 is 1.42 bits per heavy atom. The van der Waals surface area contributed by atoms with E-state index >= 15 is 0 Å². The lowest BCUT2D eigenvalue weighted by Gasteiger charge is -2.58. The zero-order chi connectivity index (χ0) is 13.5. The maximum absolute atomic E-state index is 12.4. The number of allylic oxidation sites excluding steroid dienone is 2. The van der Waals surface area contributed by atoms with Gasteiger partial charge in [0.05, 0.1) is 12.1 Å². The molecule has 1 fully saturated rings. The van der Waals surface area contributed by atoms with E-state index in [1.54, 1.807) is 9.36 Å². The van der Waals surface area contributed by atoms with Crippen molar-refractivity contribution in [2.24, 2.45) is 11.8 Å². The fourth-order valence-electron chi connectivity index (χ4n) is 3.84. The Kier molecular flexibility index (Phi) is 2.41. The third-order valence-corrected chi connectivity index (χ3v) is 7.81. The number of aromatic nitrogens is 3. The van der Waals surface area contributed by atoms with E-state index in [0.29, 0.717) is 28.0 Å². The molecular formula is C12H13Br2N3O2. The third-order valence-electron chi connectivity index (χ3n) is 4.75. The van der Waals surface area contributed by atoms with E-state index in [1.165, 1.54) is 4.57 Å². The predicted molar refractivity (Wildman–Crippen MR) is 78.3 cm³/mol. The van der Waals surface area contributed by atoms with Gasteiger partial charge in [-0.1, -0.05) is 44.0 Å². The summed E-state index contributed by atoms with van der Waals surface area (Å²) < 4.78 is 4.64. The average Bonchev–Trinajstić information content (AvgIpc) is 2.70. The van der Waals surface area contributed by atoms with Crippen molar-refractivity contribution < 1.29 is 0 Å². The van der Waals surface area contributed by atoms with Gasteiger partial charge in [-0.05, 0) is 6.92 Å². The van der Waals surface area contributed by atoms with Gasteiger partial charge in [0.2, 0.25) is 0 Å². The van der Waals surface area contributed by atoms with E-state index in [1.807, 2.05) is 6.92 Å². The van der Waals surface area contributed by atoms with Gasteiger partial charge in [0.25, 0.3) is 0 Å². The van der Waals surface area contributed by atoms with Crippen molar-refractivity contribution in [2.45, 2.75) is 35.2 Å². The minimum atomic E-state index is -0.178. The molecule has 102 valence electrons. The molecule has 0 unspecified atom stereocenters. The first-order chi connectivity index (χ1) is 9.07. The van der Waals surface area contributed by atoms with Gasteiger partial charge in [0, 0.05) is 28.0 Å². The highest BCUT2D eigenvalue weighted by atomic mass is 79.9. The number of alkyl halides is 2. The molecule has 0 N–H and O–H groups in total. The number of rotatable bonds is 1. The highest BCUT2D eigenvalue weighted by molar-refractivity contribution is 9.12. The van der Waals surface area contributed by atoms with Crippen LogP contribution in [0.5, 0.6) is 0 Å². The second-order valence-electron chi connectivity index (χ2n) is 5.41. The summed E-state index contributed by atoms with van der Waals surface area (Å²) in [6.45, 7) is 2.26. The molecule has 2 bridgehead atoms. The van der Waals surface area contributed by atoms with Crippen LogP contribution in [0.25, 0.3) is 0 Å². The quantitative estimate of drug-likeness (QED) is 0.535. The van der Waals surface area contributed by atoms with Crippen LogP contribution >= 0.6 is 31.9 Å². The molecule has 2 aliphatic carbocycles. The van der Waals surface area contributed by atoms with Crippen LogP contribution in [0.3, 0.4) is 0 Å². The molecule has 7 heteroatoms. The lowest BCUT2D eigenvalue weighted by atomic mass is 9.62. The molecule has 19 heavy (non-hydrogen) atoms. The minimum Gasteiger partial charge on any atom is -0.246 e. The van der Waals surface area contributed by atoms with E-state index in [2.05, 4.69) is 44.0 Å². The molecule has 0 amide bonds. The van der Waals surface area contributed by atoms with Crippen molar-refractivity contribution in [1.29, 1.82) is 0 Å². The van der Waals surface area contributed by atoms with Gasteiger partial charge in [0.1, 0.15) is 0 Å². The van der Waals surface area contributed by atoms with Crippen LogP contribution in [0.1, 0.15) is 19.0 Å². The van der Waals surface area contributed by atoms with Crippen LogP contribution in [0, 0.1) is 11.8 Å². The van der Waals surface area contributed by atoms with Crippen LogP contribution in [-0.2, 0) is 6.54 Å². The molecule has 1 aromatic rings. The zero-order valence-corrected chi connectivity index (χ0v) is 13.4. The monoisotopic (exact) mass is 389 g/mol. The Morgan fingerprint density at radius 1 is 1.00 bits per heavy atom. The molecule has 0 aromatic carbocycles. The average molecular weight is 391 g/mol. The molecule has 5 nitrogen and oxygen atoms in total. The van der Waals surface area contributed by atoms with Gasteiger partial charge in [-0.15, -0.1) is 0 Å². The first-order valence-corrected chi connectivity index (χ1v) is 8.31. The maximum Gasteiger partial charge on any atom is 0.347 e. The Bertz CT molecular complexity index is 645. The van der Waals surface area contributed by atoms with E-state index in [0.717, 1.165) is 0 Å². The summed E-state index contributed by atoms with van der Waals surface area (Å²) in [4.78, 5) is 25.4. The van der Waals surface area contributed by atoms with Gasteiger partial charge >= 0.3 is 11.4 Å².